The second kappa shape index (κ2) is 6.36. The first-order valence-corrected chi connectivity index (χ1v) is 8.48. The molecular formula is C19H26N2O2. The summed E-state index contributed by atoms with van der Waals surface area (Å²) in [4.78, 5) is 12.6. The number of para-hydroxylation sites is 1. The van der Waals surface area contributed by atoms with E-state index in [2.05, 4.69) is 37.5 Å². The van der Waals surface area contributed by atoms with Gasteiger partial charge < -0.3 is 15.1 Å². The fraction of sp³-hybridized carbons (Fsp3) is 0.526. The molecule has 1 aromatic heterocycles. The highest BCUT2D eigenvalue weighted by atomic mass is 16.3. The van der Waals surface area contributed by atoms with E-state index < -0.39 is 0 Å². The number of hydrogen-bond acceptors (Lipinski definition) is 3. The van der Waals surface area contributed by atoms with E-state index in [0.717, 1.165) is 35.4 Å². The summed E-state index contributed by atoms with van der Waals surface area (Å²) in [7, 11) is 0. The molecule has 1 amide bonds. The molecule has 23 heavy (non-hydrogen) atoms. The number of aryl methyl sites for hydroxylation is 1. The summed E-state index contributed by atoms with van der Waals surface area (Å²) in [5, 5.41) is 7.58. The first kappa shape index (κ1) is 16.1. The monoisotopic (exact) mass is 314 g/mol. The van der Waals surface area contributed by atoms with E-state index in [1.807, 2.05) is 25.1 Å². The van der Waals surface area contributed by atoms with Crippen LogP contribution in [0.1, 0.15) is 38.1 Å². The fourth-order valence-corrected chi connectivity index (χ4v) is 3.19. The quantitative estimate of drug-likeness (QED) is 0.889. The maximum Gasteiger partial charge on any atom is 0.223 e. The number of carbonyl (C=O) groups excluding carboxylic acids is 1. The van der Waals surface area contributed by atoms with Crippen molar-refractivity contribution in [1.29, 1.82) is 0 Å². The third-order valence-corrected chi connectivity index (χ3v) is 5.06. The van der Waals surface area contributed by atoms with Gasteiger partial charge in [0.05, 0.1) is 6.04 Å². The van der Waals surface area contributed by atoms with E-state index in [1.165, 1.54) is 0 Å². The molecule has 124 valence electrons. The summed E-state index contributed by atoms with van der Waals surface area (Å²) in [6, 6.07) is 7.95. The first-order chi connectivity index (χ1) is 11.0. The van der Waals surface area contributed by atoms with Gasteiger partial charge in [0.2, 0.25) is 5.91 Å². The van der Waals surface area contributed by atoms with Crippen LogP contribution in [0.25, 0.3) is 11.0 Å². The van der Waals surface area contributed by atoms with Crippen molar-refractivity contribution in [3.63, 3.8) is 0 Å². The minimum Gasteiger partial charge on any atom is -0.459 e. The highest BCUT2D eigenvalue weighted by molar-refractivity contribution is 5.83. The molecule has 2 heterocycles. The molecular weight excluding hydrogens is 288 g/mol. The molecule has 1 aromatic carbocycles. The molecule has 0 saturated carbocycles. The molecule has 0 bridgehead atoms. The Bertz CT molecular complexity index is 700. The zero-order chi connectivity index (χ0) is 16.6. The number of benzene rings is 1. The van der Waals surface area contributed by atoms with Gasteiger partial charge in [-0.1, -0.05) is 39.0 Å². The largest absolute Gasteiger partial charge is 0.459 e. The maximum atomic E-state index is 12.6. The van der Waals surface area contributed by atoms with Crippen molar-refractivity contribution < 1.29 is 9.21 Å². The normalized spacial score (nSPS) is 18.0. The van der Waals surface area contributed by atoms with E-state index in [9.17, 15) is 4.79 Å². The van der Waals surface area contributed by atoms with Crippen molar-refractivity contribution in [1.82, 2.24) is 10.6 Å². The molecule has 3 rings (SSSR count). The van der Waals surface area contributed by atoms with Gasteiger partial charge in [0.1, 0.15) is 11.3 Å². The Balaban J connectivity index is 1.85. The molecule has 2 unspecified atom stereocenters. The lowest BCUT2D eigenvalue weighted by Gasteiger charge is -2.33. The second-order valence-corrected chi connectivity index (χ2v) is 7.02. The van der Waals surface area contributed by atoms with Crippen LogP contribution in [-0.2, 0) is 4.79 Å². The molecule has 4 heteroatoms. The second-order valence-electron chi connectivity index (χ2n) is 7.02. The van der Waals surface area contributed by atoms with Gasteiger partial charge in [0.15, 0.2) is 0 Å². The van der Waals surface area contributed by atoms with E-state index in [4.69, 9.17) is 4.42 Å². The topological polar surface area (TPSA) is 54.3 Å². The van der Waals surface area contributed by atoms with Crippen molar-refractivity contribution in [3.05, 3.63) is 35.6 Å². The number of furan rings is 1. The molecule has 0 aliphatic carbocycles. The van der Waals surface area contributed by atoms with E-state index in [-0.39, 0.29) is 23.8 Å². The number of rotatable bonds is 5. The van der Waals surface area contributed by atoms with Crippen molar-refractivity contribution in [2.75, 3.05) is 13.1 Å². The average Bonchev–Trinajstić information content (AvgIpc) is 2.80. The zero-order valence-electron chi connectivity index (χ0n) is 14.3. The molecule has 0 spiro atoms. The van der Waals surface area contributed by atoms with Crippen molar-refractivity contribution >= 4 is 16.9 Å². The summed E-state index contributed by atoms with van der Waals surface area (Å²) < 4.78 is 6.08. The number of amides is 1. The summed E-state index contributed by atoms with van der Waals surface area (Å²) >= 11 is 0. The van der Waals surface area contributed by atoms with Gasteiger partial charge in [-0.2, -0.15) is 0 Å². The van der Waals surface area contributed by atoms with Gasteiger partial charge in [-0.3, -0.25) is 4.79 Å². The smallest absolute Gasteiger partial charge is 0.223 e. The van der Waals surface area contributed by atoms with Crippen molar-refractivity contribution in [2.24, 2.45) is 17.8 Å². The van der Waals surface area contributed by atoms with Gasteiger partial charge in [0, 0.05) is 16.9 Å². The molecule has 4 nitrogen and oxygen atoms in total. The van der Waals surface area contributed by atoms with Crippen LogP contribution in [0.2, 0.25) is 0 Å². The number of fused-ring (bicyclic) bond motifs is 1. The predicted molar refractivity (Wildman–Crippen MR) is 92.2 cm³/mol. The van der Waals surface area contributed by atoms with Crippen LogP contribution >= 0.6 is 0 Å². The SMILES string of the molecule is Cc1c(C(NC(=O)C(C)C2CNC2)C(C)C)oc2ccccc12. The molecule has 2 atom stereocenters. The van der Waals surface area contributed by atoms with Gasteiger partial charge in [0.25, 0.3) is 0 Å². The number of carbonyl (C=O) groups is 1. The number of hydrogen-bond donors (Lipinski definition) is 2. The average molecular weight is 314 g/mol. The van der Waals surface area contributed by atoms with Crippen LogP contribution in [0.5, 0.6) is 0 Å². The fourth-order valence-electron chi connectivity index (χ4n) is 3.19. The van der Waals surface area contributed by atoms with Crippen LogP contribution in [0.15, 0.2) is 28.7 Å². The molecule has 1 aliphatic rings. The van der Waals surface area contributed by atoms with Crippen LogP contribution in [0.4, 0.5) is 0 Å². The predicted octanol–water partition coefficient (Wildman–Crippen LogP) is 3.41. The molecule has 2 N–H and O–H groups in total. The lowest BCUT2D eigenvalue weighted by molar-refractivity contribution is -0.128. The van der Waals surface area contributed by atoms with Crippen molar-refractivity contribution in [2.45, 2.75) is 33.7 Å². The third kappa shape index (κ3) is 3.00. The molecule has 1 aliphatic heterocycles. The van der Waals surface area contributed by atoms with Crippen LogP contribution in [0.3, 0.4) is 0 Å². The molecule has 1 saturated heterocycles. The summed E-state index contributed by atoms with van der Waals surface area (Å²) in [6.07, 6.45) is 0. The van der Waals surface area contributed by atoms with Gasteiger partial charge >= 0.3 is 0 Å². The summed E-state index contributed by atoms with van der Waals surface area (Å²) in [5.41, 5.74) is 2.01. The highest BCUT2D eigenvalue weighted by Gasteiger charge is 2.32. The Morgan fingerprint density at radius 2 is 1.96 bits per heavy atom. The zero-order valence-corrected chi connectivity index (χ0v) is 14.3. The summed E-state index contributed by atoms with van der Waals surface area (Å²) in [6.45, 7) is 10.2. The maximum absolute atomic E-state index is 12.6. The van der Waals surface area contributed by atoms with E-state index >= 15 is 0 Å². The van der Waals surface area contributed by atoms with Gasteiger partial charge in [-0.25, -0.2) is 0 Å². The lowest BCUT2D eigenvalue weighted by atomic mass is 9.87. The van der Waals surface area contributed by atoms with Crippen LogP contribution in [-0.4, -0.2) is 19.0 Å². The van der Waals surface area contributed by atoms with Crippen LogP contribution in [0, 0.1) is 24.7 Å². The Hall–Kier alpha value is -1.81. The third-order valence-electron chi connectivity index (χ3n) is 5.06. The number of nitrogens with one attached hydrogen (secondary N) is 2. The van der Waals surface area contributed by atoms with Crippen molar-refractivity contribution in [3.8, 4) is 0 Å². The van der Waals surface area contributed by atoms with E-state index in [1.54, 1.807) is 0 Å². The molecule has 1 fully saturated rings. The molecule has 0 radical (unpaired) electrons. The summed E-state index contributed by atoms with van der Waals surface area (Å²) in [5.74, 6) is 1.75. The Morgan fingerprint density at radius 3 is 2.52 bits per heavy atom. The minimum atomic E-state index is -0.0922. The minimum absolute atomic E-state index is 0.0298. The van der Waals surface area contributed by atoms with Gasteiger partial charge in [-0.15, -0.1) is 0 Å². The Labute approximate surface area is 137 Å². The first-order valence-electron chi connectivity index (χ1n) is 8.48. The Morgan fingerprint density at radius 1 is 1.26 bits per heavy atom. The highest BCUT2D eigenvalue weighted by Crippen LogP contribution is 2.33. The van der Waals surface area contributed by atoms with Gasteiger partial charge in [-0.05, 0) is 37.9 Å². The lowest BCUT2D eigenvalue weighted by Crippen LogP contribution is -2.50. The van der Waals surface area contributed by atoms with E-state index in [0.29, 0.717) is 5.92 Å². The van der Waals surface area contributed by atoms with Crippen LogP contribution < -0.4 is 10.6 Å². The Kier molecular flexibility index (Phi) is 4.44. The standard InChI is InChI=1S/C19H26N2O2/c1-11(2)17(21-19(22)12(3)14-9-20-10-14)18-13(4)15-7-5-6-8-16(15)23-18/h5-8,11-12,14,17,20H,9-10H2,1-4H3,(H,21,22). The molecule has 2 aromatic rings.